The minimum atomic E-state index is -0.949. The number of nitrogens with two attached hydrogens (primary N) is 2. The zero-order valence-electron chi connectivity index (χ0n) is 10.5. The Kier molecular flexibility index (Phi) is 4.52. The van der Waals surface area contributed by atoms with Crippen LogP contribution in [-0.4, -0.2) is 29.8 Å². The molecule has 1 aromatic rings. The summed E-state index contributed by atoms with van der Waals surface area (Å²) in [5.41, 5.74) is 11.2. The number of nitrogen functional groups attached to an aromatic ring is 2. The molecule has 0 radical (unpaired) electrons. The smallest absolute Gasteiger partial charge is 0.476 e. The van der Waals surface area contributed by atoms with Crippen molar-refractivity contribution in [3.63, 3.8) is 0 Å². The molecule has 0 bridgehead atoms. The summed E-state index contributed by atoms with van der Waals surface area (Å²) in [4.78, 5) is 18.5. The Balaban J connectivity index is 2.94. The van der Waals surface area contributed by atoms with Crippen LogP contribution >= 0.6 is 0 Å². The lowest BCUT2D eigenvalue weighted by molar-refractivity contribution is 0.120. The Bertz CT molecular complexity index is 436. The summed E-state index contributed by atoms with van der Waals surface area (Å²) in [7, 11) is 1.17. The third-order valence-electron chi connectivity index (χ3n) is 1.79. The number of ether oxygens (including phenoxy) is 3. The van der Waals surface area contributed by atoms with E-state index in [4.69, 9.17) is 20.9 Å². The molecule has 100 valence electrons. The van der Waals surface area contributed by atoms with Gasteiger partial charge in [0, 0.05) is 0 Å². The molecule has 1 rings (SSSR count). The van der Waals surface area contributed by atoms with Crippen LogP contribution in [0.2, 0.25) is 0 Å². The fourth-order valence-electron chi connectivity index (χ4n) is 0.999. The number of anilines is 2. The average molecular weight is 256 g/mol. The van der Waals surface area contributed by atoms with E-state index >= 15 is 0 Å². The predicted octanol–water partition coefficient (Wildman–Crippen LogP) is 0.821. The molecule has 0 amide bonds. The van der Waals surface area contributed by atoms with E-state index < -0.39 is 6.16 Å². The molecule has 1 aromatic heterocycles. The van der Waals surface area contributed by atoms with Gasteiger partial charge in [0.15, 0.2) is 5.69 Å². The van der Waals surface area contributed by atoms with E-state index in [1.807, 2.05) is 13.8 Å². The van der Waals surface area contributed by atoms with E-state index in [-0.39, 0.29) is 29.3 Å². The highest BCUT2D eigenvalue weighted by Gasteiger charge is 2.17. The first kappa shape index (κ1) is 13.8. The molecule has 0 aliphatic rings. The van der Waals surface area contributed by atoms with Gasteiger partial charge >= 0.3 is 6.16 Å². The number of hydrogen-bond donors (Lipinski definition) is 2. The van der Waals surface area contributed by atoms with Crippen molar-refractivity contribution in [2.75, 3.05) is 25.2 Å². The minimum absolute atomic E-state index is 0.00440. The molecular weight excluding hydrogens is 240 g/mol. The third-order valence-corrected chi connectivity index (χ3v) is 1.79. The SMILES string of the molecule is COC(=O)Oc1nc(N)nc(OCC(C)C)c1N. The monoisotopic (exact) mass is 256 g/mol. The normalized spacial score (nSPS) is 10.2. The number of rotatable bonds is 4. The van der Waals surface area contributed by atoms with Gasteiger partial charge in [0.25, 0.3) is 5.88 Å². The van der Waals surface area contributed by atoms with Crippen LogP contribution in [-0.2, 0) is 4.74 Å². The van der Waals surface area contributed by atoms with Crippen molar-refractivity contribution in [2.24, 2.45) is 5.92 Å². The molecule has 8 heteroatoms. The topological polar surface area (TPSA) is 123 Å². The van der Waals surface area contributed by atoms with Crippen molar-refractivity contribution in [3.05, 3.63) is 0 Å². The van der Waals surface area contributed by atoms with Gasteiger partial charge < -0.3 is 25.7 Å². The fraction of sp³-hybridized carbons (Fsp3) is 0.500. The Morgan fingerprint density at radius 2 is 1.89 bits per heavy atom. The lowest BCUT2D eigenvalue weighted by Gasteiger charge is -2.12. The molecule has 0 unspecified atom stereocenters. The van der Waals surface area contributed by atoms with Crippen LogP contribution in [0, 0.1) is 5.92 Å². The van der Waals surface area contributed by atoms with Crippen LogP contribution in [0.5, 0.6) is 11.8 Å². The van der Waals surface area contributed by atoms with E-state index in [2.05, 4.69) is 14.7 Å². The number of nitrogens with zero attached hydrogens (tertiary/aromatic N) is 2. The Hall–Kier alpha value is -2.25. The molecule has 0 aliphatic carbocycles. The number of methoxy groups -OCH3 is 1. The summed E-state index contributed by atoms with van der Waals surface area (Å²) in [5.74, 6) is 0.0654. The first-order chi connectivity index (χ1) is 8.43. The molecule has 18 heavy (non-hydrogen) atoms. The van der Waals surface area contributed by atoms with Gasteiger partial charge in [-0.25, -0.2) is 4.79 Å². The van der Waals surface area contributed by atoms with Crippen molar-refractivity contribution in [1.29, 1.82) is 0 Å². The molecule has 0 saturated carbocycles. The second-order valence-electron chi connectivity index (χ2n) is 3.87. The summed E-state index contributed by atoms with van der Waals surface area (Å²) in [6, 6.07) is 0. The lowest BCUT2D eigenvalue weighted by atomic mass is 10.2. The standard InChI is InChI=1S/C10H16N4O4/c1-5(2)4-17-7-6(11)8(14-9(12)13-7)18-10(15)16-3/h5H,4,11H2,1-3H3,(H2,12,13,14). The summed E-state index contributed by atoms with van der Waals surface area (Å²) in [5, 5.41) is 0. The van der Waals surface area contributed by atoms with Gasteiger partial charge in [-0.1, -0.05) is 13.8 Å². The number of hydrogen-bond acceptors (Lipinski definition) is 8. The largest absolute Gasteiger partial charge is 0.514 e. The van der Waals surface area contributed by atoms with Crippen LogP contribution in [0.1, 0.15) is 13.8 Å². The molecule has 0 saturated heterocycles. The van der Waals surface area contributed by atoms with Crippen LogP contribution in [0.3, 0.4) is 0 Å². The van der Waals surface area contributed by atoms with Crippen LogP contribution in [0.4, 0.5) is 16.4 Å². The van der Waals surface area contributed by atoms with Crippen molar-refractivity contribution in [1.82, 2.24) is 9.97 Å². The molecular formula is C10H16N4O4. The summed E-state index contributed by atoms with van der Waals surface area (Å²) in [6.45, 7) is 4.33. The lowest BCUT2D eigenvalue weighted by Crippen LogP contribution is -2.14. The van der Waals surface area contributed by atoms with Crippen LogP contribution < -0.4 is 20.9 Å². The number of carbonyl (C=O) groups excluding carboxylic acids is 1. The zero-order valence-corrected chi connectivity index (χ0v) is 10.5. The first-order valence-corrected chi connectivity index (χ1v) is 5.25. The van der Waals surface area contributed by atoms with E-state index in [0.29, 0.717) is 6.61 Å². The summed E-state index contributed by atoms with van der Waals surface area (Å²) < 4.78 is 14.4. The molecule has 1 heterocycles. The predicted molar refractivity (Wildman–Crippen MR) is 64.2 cm³/mol. The molecule has 0 fully saturated rings. The molecule has 4 N–H and O–H groups in total. The van der Waals surface area contributed by atoms with Crippen molar-refractivity contribution in [2.45, 2.75) is 13.8 Å². The van der Waals surface area contributed by atoms with Crippen LogP contribution in [0.25, 0.3) is 0 Å². The van der Waals surface area contributed by atoms with Crippen molar-refractivity contribution >= 4 is 17.8 Å². The van der Waals surface area contributed by atoms with E-state index in [1.165, 1.54) is 7.11 Å². The van der Waals surface area contributed by atoms with Gasteiger partial charge in [0.2, 0.25) is 11.8 Å². The fourth-order valence-corrected chi connectivity index (χ4v) is 0.999. The van der Waals surface area contributed by atoms with Gasteiger partial charge in [-0.2, -0.15) is 9.97 Å². The third kappa shape index (κ3) is 3.65. The highest BCUT2D eigenvalue weighted by Crippen LogP contribution is 2.29. The summed E-state index contributed by atoms with van der Waals surface area (Å²) in [6.07, 6.45) is -0.949. The number of carbonyl (C=O) groups is 1. The second-order valence-corrected chi connectivity index (χ2v) is 3.87. The maximum atomic E-state index is 11.0. The van der Waals surface area contributed by atoms with E-state index in [1.54, 1.807) is 0 Å². The molecule has 0 aromatic carbocycles. The van der Waals surface area contributed by atoms with Gasteiger partial charge in [-0.15, -0.1) is 0 Å². The second kappa shape index (κ2) is 5.89. The molecule has 0 spiro atoms. The quantitative estimate of drug-likeness (QED) is 0.759. The Morgan fingerprint density at radius 3 is 2.44 bits per heavy atom. The molecule has 0 atom stereocenters. The Morgan fingerprint density at radius 1 is 1.28 bits per heavy atom. The number of aromatic nitrogens is 2. The van der Waals surface area contributed by atoms with Crippen molar-refractivity contribution in [3.8, 4) is 11.8 Å². The van der Waals surface area contributed by atoms with Gasteiger partial charge in [0.05, 0.1) is 13.7 Å². The minimum Gasteiger partial charge on any atom is -0.476 e. The van der Waals surface area contributed by atoms with Gasteiger partial charge in [-0.3, -0.25) is 0 Å². The highest BCUT2D eigenvalue weighted by molar-refractivity contribution is 5.68. The van der Waals surface area contributed by atoms with Gasteiger partial charge in [0.1, 0.15) is 0 Å². The molecule has 0 aliphatic heterocycles. The first-order valence-electron chi connectivity index (χ1n) is 5.25. The maximum Gasteiger partial charge on any atom is 0.514 e. The maximum absolute atomic E-state index is 11.0. The zero-order chi connectivity index (χ0) is 13.7. The molecule has 8 nitrogen and oxygen atoms in total. The average Bonchev–Trinajstić information content (AvgIpc) is 2.31. The van der Waals surface area contributed by atoms with Gasteiger partial charge in [-0.05, 0) is 5.92 Å². The van der Waals surface area contributed by atoms with Crippen molar-refractivity contribution < 1.29 is 19.0 Å². The van der Waals surface area contributed by atoms with E-state index in [0.717, 1.165) is 0 Å². The van der Waals surface area contributed by atoms with E-state index in [9.17, 15) is 4.79 Å². The Labute approximate surface area is 104 Å². The highest BCUT2D eigenvalue weighted by atomic mass is 16.7. The summed E-state index contributed by atoms with van der Waals surface area (Å²) >= 11 is 0. The van der Waals surface area contributed by atoms with Crippen LogP contribution in [0.15, 0.2) is 0 Å².